The van der Waals surface area contributed by atoms with E-state index in [-0.39, 0.29) is 0 Å². The Bertz CT molecular complexity index is 1420. The second-order valence-corrected chi connectivity index (χ2v) is 13.9. The number of nitrogens with zero attached hydrogens (tertiary/aromatic N) is 8. The normalized spacial score (nSPS) is 15.7. The quantitative estimate of drug-likeness (QED) is 0.203. The van der Waals surface area contributed by atoms with Crippen molar-refractivity contribution in [2.24, 2.45) is 0 Å². The molecule has 0 spiro atoms. The molecular formula is C30H28Cl8N8. The zero-order valence-electron chi connectivity index (χ0n) is 24.3. The summed E-state index contributed by atoms with van der Waals surface area (Å²) in [5.41, 5.74) is 0. The predicted molar refractivity (Wildman–Crippen MR) is 195 cm³/mol. The molecule has 0 radical (unpaired) electrons. The van der Waals surface area contributed by atoms with Crippen molar-refractivity contribution in [3.63, 3.8) is 0 Å². The molecule has 0 aromatic carbocycles. The fourth-order valence-electron chi connectivity index (χ4n) is 5.24. The van der Waals surface area contributed by atoms with Crippen molar-refractivity contribution in [2.45, 2.75) is 12.8 Å². The van der Waals surface area contributed by atoms with E-state index in [0.717, 1.165) is 12.8 Å². The number of pyridine rings is 4. The molecule has 1 fully saturated rings. The Kier molecular flexibility index (Phi) is 12.7. The number of halogens is 8. The van der Waals surface area contributed by atoms with Crippen LogP contribution in [0.3, 0.4) is 0 Å². The minimum absolute atomic E-state index is 0.462. The van der Waals surface area contributed by atoms with E-state index in [9.17, 15) is 0 Å². The molecule has 1 aliphatic rings. The van der Waals surface area contributed by atoms with Crippen LogP contribution in [0.2, 0.25) is 40.2 Å². The van der Waals surface area contributed by atoms with E-state index in [1.807, 2.05) is 0 Å². The molecule has 8 nitrogen and oxygen atoms in total. The van der Waals surface area contributed by atoms with Gasteiger partial charge in [-0.1, -0.05) is 92.8 Å². The SMILES string of the molecule is Clc1cnc(N2CCCN(c3ncc(Cl)cc3Cl)CCN(c3ncc(Cl)cc3Cl)CCCN(c3ncc(Cl)cc3Cl)CC2)c(Cl)c1. The van der Waals surface area contributed by atoms with E-state index >= 15 is 0 Å². The average Bonchev–Trinajstić information content (AvgIpc) is 2.99. The Balaban J connectivity index is 1.49. The van der Waals surface area contributed by atoms with Gasteiger partial charge in [-0.05, 0) is 37.1 Å². The van der Waals surface area contributed by atoms with Gasteiger partial charge in [0.1, 0.15) is 23.3 Å². The monoisotopic (exact) mass is 780 g/mol. The number of hydrogen-bond acceptors (Lipinski definition) is 8. The molecule has 0 bridgehead atoms. The van der Waals surface area contributed by atoms with E-state index in [4.69, 9.17) is 92.8 Å². The first kappa shape index (κ1) is 35.4. The highest BCUT2D eigenvalue weighted by Crippen LogP contribution is 2.31. The van der Waals surface area contributed by atoms with Crippen LogP contribution in [0.5, 0.6) is 0 Å². The van der Waals surface area contributed by atoms with Gasteiger partial charge < -0.3 is 19.6 Å². The molecule has 46 heavy (non-hydrogen) atoms. The van der Waals surface area contributed by atoms with Crippen molar-refractivity contribution in [3.8, 4) is 0 Å². The summed E-state index contributed by atoms with van der Waals surface area (Å²) in [6.07, 6.45) is 7.83. The van der Waals surface area contributed by atoms with Crippen molar-refractivity contribution in [2.75, 3.05) is 72.0 Å². The van der Waals surface area contributed by atoms with Crippen molar-refractivity contribution >= 4 is 116 Å². The number of anilines is 4. The highest BCUT2D eigenvalue weighted by atomic mass is 35.5. The van der Waals surface area contributed by atoms with E-state index in [1.54, 1.807) is 49.1 Å². The van der Waals surface area contributed by atoms with Crippen LogP contribution < -0.4 is 19.6 Å². The summed E-state index contributed by atoms with van der Waals surface area (Å²) >= 11 is 51.4. The average molecular weight is 784 g/mol. The molecule has 0 aliphatic carbocycles. The summed E-state index contributed by atoms with van der Waals surface area (Å²) in [5, 5.41) is 3.70. The van der Waals surface area contributed by atoms with Crippen LogP contribution >= 0.6 is 92.8 Å². The first-order valence-electron chi connectivity index (χ1n) is 14.3. The third kappa shape index (κ3) is 9.17. The second kappa shape index (κ2) is 16.5. The maximum atomic E-state index is 6.66. The van der Waals surface area contributed by atoms with Gasteiger partial charge in [0.05, 0.1) is 40.2 Å². The van der Waals surface area contributed by atoms with Gasteiger partial charge in [0, 0.05) is 77.1 Å². The molecule has 4 aromatic heterocycles. The highest BCUT2D eigenvalue weighted by molar-refractivity contribution is 6.37. The molecule has 1 aliphatic heterocycles. The van der Waals surface area contributed by atoms with E-state index < -0.39 is 0 Å². The standard InChI is InChI=1S/C30H28Cl8N8/c31-19-11-23(35)27(39-15-19)43-3-1-4-44(28-24(36)12-20(32)16-40-28)8-10-46(30-26(38)14-22(34)18-42-30)6-2-5-45(9-7-43)29-25(37)13-21(33)17-41-29/h11-18H,1-10H2. The van der Waals surface area contributed by atoms with Crippen molar-refractivity contribution in [1.29, 1.82) is 0 Å². The number of rotatable bonds is 4. The fourth-order valence-corrected chi connectivity index (χ4v) is 7.24. The molecule has 0 N–H and O–H groups in total. The minimum Gasteiger partial charge on any atom is -0.354 e. The lowest BCUT2D eigenvalue weighted by Gasteiger charge is -2.34. The molecule has 5 rings (SSSR count). The molecule has 0 atom stereocenters. The van der Waals surface area contributed by atoms with Crippen LogP contribution in [0.15, 0.2) is 49.1 Å². The van der Waals surface area contributed by atoms with Gasteiger partial charge in [-0.15, -0.1) is 0 Å². The van der Waals surface area contributed by atoms with Gasteiger partial charge in [0.2, 0.25) is 0 Å². The van der Waals surface area contributed by atoms with E-state index in [1.165, 1.54) is 0 Å². The number of aromatic nitrogens is 4. The molecule has 5 heterocycles. The molecule has 0 amide bonds. The molecular weight excluding hydrogens is 756 g/mol. The zero-order valence-corrected chi connectivity index (χ0v) is 30.3. The molecule has 16 heteroatoms. The third-order valence-electron chi connectivity index (χ3n) is 7.34. The fraction of sp³-hybridized carbons (Fsp3) is 0.333. The smallest absolute Gasteiger partial charge is 0.147 e. The lowest BCUT2D eigenvalue weighted by Crippen LogP contribution is -2.42. The summed E-state index contributed by atoms with van der Waals surface area (Å²) in [6.45, 7) is 4.79. The van der Waals surface area contributed by atoms with E-state index in [2.05, 4.69) is 39.5 Å². The summed E-state index contributed by atoms with van der Waals surface area (Å²) in [6, 6.07) is 6.78. The van der Waals surface area contributed by atoms with Crippen molar-refractivity contribution < 1.29 is 0 Å². The molecule has 0 unspecified atom stereocenters. The zero-order chi connectivity index (χ0) is 32.8. The van der Waals surface area contributed by atoms with Gasteiger partial charge in [-0.25, -0.2) is 19.9 Å². The predicted octanol–water partition coefficient (Wildman–Crippen LogP) is 9.61. The summed E-state index contributed by atoms with van der Waals surface area (Å²) in [7, 11) is 0. The van der Waals surface area contributed by atoms with E-state index in [0.29, 0.717) is 116 Å². The lowest BCUT2D eigenvalue weighted by atomic mass is 10.2. The van der Waals surface area contributed by atoms with Gasteiger partial charge >= 0.3 is 0 Å². The molecule has 0 saturated carbocycles. The first-order chi connectivity index (χ1) is 22.1. The topological polar surface area (TPSA) is 64.5 Å². The number of hydrogen-bond donors (Lipinski definition) is 0. The molecule has 244 valence electrons. The third-order valence-corrected chi connectivity index (χ3v) is 9.28. The van der Waals surface area contributed by atoms with Crippen LogP contribution in [-0.4, -0.2) is 72.3 Å². The van der Waals surface area contributed by atoms with Crippen LogP contribution in [0, 0.1) is 0 Å². The van der Waals surface area contributed by atoms with Crippen LogP contribution in [0.1, 0.15) is 12.8 Å². The van der Waals surface area contributed by atoms with Gasteiger partial charge in [0.15, 0.2) is 0 Å². The second-order valence-electron chi connectivity index (χ2n) is 10.5. The van der Waals surface area contributed by atoms with Gasteiger partial charge in [-0.3, -0.25) is 0 Å². The molecule has 1 saturated heterocycles. The summed E-state index contributed by atoms with van der Waals surface area (Å²) in [4.78, 5) is 26.9. The Labute approximate surface area is 308 Å². The largest absolute Gasteiger partial charge is 0.354 e. The molecule has 4 aromatic rings. The van der Waals surface area contributed by atoms with Crippen molar-refractivity contribution in [1.82, 2.24) is 19.9 Å². The lowest BCUT2D eigenvalue weighted by molar-refractivity contribution is 0.623. The summed E-state index contributed by atoms with van der Waals surface area (Å²) < 4.78 is 0. The maximum absolute atomic E-state index is 6.66. The van der Waals surface area contributed by atoms with Crippen LogP contribution in [0.25, 0.3) is 0 Å². The highest BCUT2D eigenvalue weighted by Gasteiger charge is 2.22. The maximum Gasteiger partial charge on any atom is 0.147 e. The first-order valence-corrected chi connectivity index (χ1v) is 17.4. The minimum atomic E-state index is 0.462. The van der Waals surface area contributed by atoms with Crippen LogP contribution in [-0.2, 0) is 0 Å². The van der Waals surface area contributed by atoms with Crippen LogP contribution in [0.4, 0.5) is 23.3 Å². The van der Waals surface area contributed by atoms with Gasteiger partial charge in [0.25, 0.3) is 0 Å². The van der Waals surface area contributed by atoms with Gasteiger partial charge in [-0.2, -0.15) is 0 Å². The summed E-state index contributed by atoms with van der Waals surface area (Å²) in [5.74, 6) is 2.54. The Morgan fingerprint density at radius 2 is 0.565 bits per heavy atom. The Hall–Kier alpha value is -1.88. The Morgan fingerprint density at radius 1 is 0.348 bits per heavy atom. The van der Waals surface area contributed by atoms with Crippen molar-refractivity contribution in [3.05, 3.63) is 89.2 Å². The Morgan fingerprint density at radius 3 is 0.761 bits per heavy atom.